The molecule has 104 valence electrons. The largest absolute Gasteiger partial charge is 0.332 e. The van der Waals surface area contributed by atoms with Gasteiger partial charge >= 0.3 is 0 Å². The quantitative estimate of drug-likeness (QED) is 0.627. The first-order chi connectivity index (χ1) is 9.45. The van der Waals surface area contributed by atoms with E-state index >= 15 is 0 Å². The van der Waals surface area contributed by atoms with E-state index in [9.17, 15) is 0 Å². The summed E-state index contributed by atoms with van der Waals surface area (Å²) >= 11 is 20.8. The zero-order valence-corrected chi connectivity index (χ0v) is 14.4. The number of hydrogen-bond donors (Lipinski definition) is 2. The molecule has 0 aromatic heterocycles. The lowest BCUT2D eigenvalue weighted by Gasteiger charge is -2.13. The van der Waals surface area contributed by atoms with Crippen LogP contribution in [0, 0.1) is 6.92 Å². The van der Waals surface area contributed by atoms with Crippen molar-refractivity contribution in [2.75, 3.05) is 10.6 Å². The summed E-state index contributed by atoms with van der Waals surface area (Å²) in [7, 11) is 0. The van der Waals surface area contributed by atoms with Gasteiger partial charge in [-0.2, -0.15) is 0 Å². The zero-order chi connectivity index (χ0) is 14.7. The Hall–Kier alpha value is -0.810. The molecule has 0 bridgehead atoms. The molecule has 2 aromatic rings. The average molecular weight is 390 g/mol. The topological polar surface area (TPSA) is 24.1 Å². The van der Waals surface area contributed by atoms with E-state index in [1.165, 1.54) is 5.56 Å². The molecule has 2 N–H and O–H groups in total. The summed E-state index contributed by atoms with van der Waals surface area (Å²) in [5.74, 6) is 0. The van der Waals surface area contributed by atoms with Crippen molar-refractivity contribution >= 4 is 67.8 Å². The highest BCUT2D eigenvalue weighted by Crippen LogP contribution is 2.27. The van der Waals surface area contributed by atoms with Crippen LogP contribution in [0.1, 0.15) is 5.56 Å². The van der Waals surface area contributed by atoms with Crippen LogP contribution in [0.15, 0.2) is 40.9 Å². The maximum absolute atomic E-state index is 6.08. The van der Waals surface area contributed by atoms with E-state index in [4.69, 9.17) is 35.4 Å². The summed E-state index contributed by atoms with van der Waals surface area (Å²) in [6.07, 6.45) is 0. The number of halogens is 3. The summed E-state index contributed by atoms with van der Waals surface area (Å²) in [6.45, 7) is 2.02. The predicted octanol–water partition coefficient (Wildman–Crippen LogP) is 5.87. The number of benzene rings is 2. The summed E-state index contributed by atoms with van der Waals surface area (Å²) in [5.41, 5.74) is 2.71. The second kappa shape index (κ2) is 6.76. The third-order valence-electron chi connectivity index (χ3n) is 2.55. The molecule has 0 atom stereocenters. The molecule has 0 saturated carbocycles. The molecule has 0 radical (unpaired) electrons. The fourth-order valence-electron chi connectivity index (χ4n) is 1.59. The molecule has 20 heavy (non-hydrogen) atoms. The van der Waals surface area contributed by atoms with E-state index < -0.39 is 0 Å². The Labute approximate surface area is 141 Å². The standard InChI is InChI=1S/C14H11BrCl2N2S/c1-8-2-5-12(10(15)6-8)18-14(20)19-13-7-9(16)3-4-11(13)17/h2-7H,1H3,(H2,18,19,20). The summed E-state index contributed by atoms with van der Waals surface area (Å²) in [6, 6.07) is 11.1. The molecule has 0 unspecified atom stereocenters. The van der Waals surface area contributed by atoms with Crippen LogP contribution in [0.3, 0.4) is 0 Å². The highest BCUT2D eigenvalue weighted by molar-refractivity contribution is 9.10. The highest BCUT2D eigenvalue weighted by Gasteiger charge is 2.06. The molecule has 2 nitrogen and oxygen atoms in total. The van der Waals surface area contributed by atoms with Gasteiger partial charge in [-0.1, -0.05) is 29.3 Å². The van der Waals surface area contributed by atoms with Crippen molar-refractivity contribution in [3.05, 3.63) is 56.5 Å². The van der Waals surface area contributed by atoms with Crippen LogP contribution in [0.25, 0.3) is 0 Å². The number of thiocarbonyl (C=S) groups is 1. The lowest BCUT2D eigenvalue weighted by atomic mass is 10.2. The van der Waals surface area contributed by atoms with Gasteiger partial charge in [0.05, 0.1) is 16.4 Å². The molecule has 0 aliphatic heterocycles. The molecule has 0 spiro atoms. The van der Waals surface area contributed by atoms with Crippen LogP contribution >= 0.6 is 51.3 Å². The maximum Gasteiger partial charge on any atom is 0.175 e. The molecule has 0 amide bonds. The average Bonchev–Trinajstić information content (AvgIpc) is 2.37. The van der Waals surface area contributed by atoms with Gasteiger partial charge in [0.2, 0.25) is 0 Å². The van der Waals surface area contributed by atoms with Gasteiger partial charge in [0.15, 0.2) is 5.11 Å². The molecular formula is C14H11BrCl2N2S. The zero-order valence-electron chi connectivity index (χ0n) is 10.5. The van der Waals surface area contributed by atoms with Gasteiger partial charge in [0.1, 0.15) is 0 Å². The van der Waals surface area contributed by atoms with Crippen LogP contribution in [-0.4, -0.2) is 5.11 Å². The van der Waals surface area contributed by atoms with Crippen LogP contribution < -0.4 is 10.6 Å². The summed E-state index contributed by atoms with van der Waals surface area (Å²) < 4.78 is 0.943. The fourth-order valence-corrected chi connectivity index (χ4v) is 2.74. The molecule has 0 aliphatic carbocycles. The Morgan fingerprint density at radius 2 is 1.75 bits per heavy atom. The van der Waals surface area contributed by atoms with Gasteiger partial charge in [-0.3, -0.25) is 0 Å². The second-order valence-electron chi connectivity index (χ2n) is 4.19. The monoisotopic (exact) mass is 388 g/mol. The fraction of sp³-hybridized carbons (Fsp3) is 0.0714. The second-order valence-corrected chi connectivity index (χ2v) is 6.29. The normalized spacial score (nSPS) is 10.2. The van der Waals surface area contributed by atoms with Gasteiger partial charge in [-0.15, -0.1) is 0 Å². The SMILES string of the molecule is Cc1ccc(NC(=S)Nc2cc(Cl)ccc2Cl)c(Br)c1. The van der Waals surface area contributed by atoms with Crippen molar-refractivity contribution in [1.82, 2.24) is 0 Å². The first-order valence-corrected chi connectivity index (χ1v) is 7.70. The molecule has 2 aromatic carbocycles. The first-order valence-electron chi connectivity index (χ1n) is 5.75. The number of aryl methyl sites for hydroxylation is 1. The number of hydrogen-bond acceptors (Lipinski definition) is 1. The van der Waals surface area contributed by atoms with Crippen molar-refractivity contribution in [3.63, 3.8) is 0 Å². The molecule has 2 rings (SSSR count). The Morgan fingerprint density at radius 1 is 1.05 bits per heavy atom. The molecule has 6 heteroatoms. The molecular weight excluding hydrogens is 379 g/mol. The molecule has 0 heterocycles. The summed E-state index contributed by atoms with van der Waals surface area (Å²) in [4.78, 5) is 0. The van der Waals surface area contributed by atoms with Gasteiger partial charge in [-0.25, -0.2) is 0 Å². The molecule has 0 saturated heterocycles. The van der Waals surface area contributed by atoms with Gasteiger partial charge in [0.25, 0.3) is 0 Å². The van der Waals surface area contributed by atoms with Gasteiger partial charge in [0, 0.05) is 9.50 Å². The maximum atomic E-state index is 6.08. The van der Waals surface area contributed by atoms with Crippen LogP contribution in [0.4, 0.5) is 11.4 Å². The molecule has 0 fully saturated rings. The van der Waals surface area contributed by atoms with Crippen molar-refractivity contribution in [2.45, 2.75) is 6.92 Å². The van der Waals surface area contributed by atoms with Crippen molar-refractivity contribution < 1.29 is 0 Å². The van der Waals surface area contributed by atoms with Crippen LogP contribution in [0.2, 0.25) is 10.0 Å². The van der Waals surface area contributed by atoms with E-state index in [-0.39, 0.29) is 0 Å². The highest BCUT2D eigenvalue weighted by atomic mass is 79.9. The van der Waals surface area contributed by atoms with Crippen LogP contribution in [0.5, 0.6) is 0 Å². The van der Waals surface area contributed by atoms with Crippen molar-refractivity contribution in [3.8, 4) is 0 Å². The predicted molar refractivity (Wildman–Crippen MR) is 95.2 cm³/mol. The minimum atomic E-state index is 0.443. The van der Waals surface area contributed by atoms with E-state index in [1.54, 1.807) is 18.2 Å². The van der Waals surface area contributed by atoms with Crippen molar-refractivity contribution in [2.24, 2.45) is 0 Å². The minimum Gasteiger partial charge on any atom is -0.332 e. The minimum absolute atomic E-state index is 0.443. The Morgan fingerprint density at radius 3 is 2.45 bits per heavy atom. The van der Waals surface area contributed by atoms with E-state index in [1.807, 2.05) is 25.1 Å². The Bertz CT molecular complexity index is 662. The Balaban J connectivity index is 2.11. The Kier molecular flexibility index (Phi) is 5.27. The van der Waals surface area contributed by atoms with E-state index in [2.05, 4.69) is 26.6 Å². The molecule has 0 aliphatic rings. The third kappa shape index (κ3) is 4.09. The smallest absolute Gasteiger partial charge is 0.175 e. The first kappa shape index (κ1) is 15.6. The number of anilines is 2. The number of nitrogens with one attached hydrogen (secondary N) is 2. The lowest BCUT2D eigenvalue weighted by Crippen LogP contribution is -2.19. The number of rotatable bonds is 2. The van der Waals surface area contributed by atoms with E-state index in [0.717, 1.165) is 10.2 Å². The van der Waals surface area contributed by atoms with E-state index in [0.29, 0.717) is 20.8 Å². The van der Waals surface area contributed by atoms with Crippen molar-refractivity contribution in [1.29, 1.82) is 0 Å². The van der Waals surface area contributed by atoms with Gasteiger partial charge < -0.3 is 10.6 Å². The van der Waals surface area contributed by atoms with Crippen LogP contribution in [-0.2, 0) is 0 Å². The third-order valence-corrected chi connectivity index (χ3v) is 3.97. The summed E-state index contributed by atoms with van der Waals surface area (Å²) in [5, 5.41) is 7.72. The lowest BCUT2D eigenvalue weighted by molar-refractivity contribution is 1.44. The van der Waals surface area contributed by atoms with Gasteiger partial charge in [-0.05, 0) is 71.0 Å².